The van der Waals surface area contributed by atoms with Gasteiger partial charge in [-0.1, -0.05) is 57.2 Å². The molecule has 7 heteroatoms. The summed E-state index contributed by atoms with van der Waals surface area (Å²) in [4.78, 5) is 3.33. The van der Waals surface area contributed by atoms with Gasteiger partial charge in [0.05, 0.1) is 11.4 Å². The fourth-order valence-corrected chi connectivity index (χ4v) is 5.10. The van der Waals surface area contributed by atoms with E-state index in [-0.39, 0.29) is 5.75 Å². The highest BCUT2D eigenvalue weighted by molar-refractivity contribution is 5.74. The summed E-state index contributed by atoms with van der Waals surface area (Å²) in [6, 6.07) is 26.0. The van der Waals surface area contributed by atoms with E-state index in [1.807, 2.05) is 48.5 Å². The molecule has 0 bridgehead atoms. The van der Waals surface area contributed by atoms with Gasteiger partial charge in [0.2, 0.25) is 0 Å². The average molecular weight is 503 g/mol. The molecule has 1 N–H and O–H groups in total. The maximum atomic E-state index is 11.0. The first-order valence-electron chi connectivity index (χ1n) is 13.1. The molecule has 0 aliphatic heterocycles. The lowest BCUT2D eigenvalue weighted by atomic mass is 9.93. The Hall–Kier alpha value is -4.52. The van der Waals surface area contributed by atoms with Gasteiger partial charge in [-0.3, -0.25) is 0 Å². The summed E-state index contributed by atoms with van der Waals surface area (Å²) >= 11 is 0. The van der Waals surface area contributed by atoms with Gasteiger partial charge in [-0.2, -0.15) is 9.59 Å². The predicted molar refractivity (Wildman–Crippen MR) is 150 cm³/mol. The maximum absolute atomic E-state index is 11.0. The fraction of sp³-hybridized carbons (Fsp3) is 0.226. The first-order chi connectivity index (χ1) is 18.5. The van der Waals surface area contributed by atoms with Gasteiger partial charge in [-0.25, -0.2) is 0 Å². The van der Waals surface area contributed by atoms with E-state index in [4.69, 9.17) is 10.2 Å². The van der Waals surface area contributed by atoms with Crippen LogP contribution in [0.5, 0.6) is 5.75 Å². The number of phenolic OH excluding ortho intramolecular Hbond substituents is 1. The van der Waals surface area contributed by atoms with E-state index >= 15 is 0 Å². The first-order valence-corrected chi connectivity index (χ1v) is 13.1. The standard InChI is InChI=1S/C31H30N6O/c1-4-25-22(18-24(19-31(25)38)36-32-26-9-5-6-10-27(26)33-36)17-23-16-21(15-20(2)3)13-14-30(23)37-34-28-11-7-8-12-29(28)35-37/h5-14,16,18-20,38H,4,15,17H2,1-3H3. The van der Waals surface area contributed by atoms with E-state index in [9.17, 15) is 5.11 Å². The van der Waals surface area contributed by atoms with Crippen LogP contribution in [-0.4, -0.2) is 35.1 Å². The molecule has 0 atom stereocenters. The number of aromatic hydroxyl groups is 1. The third kappa shape index (κ3) is 4.52. The van der Waals surface area contributed by atoms with Crippen LogP contribution >= 0.6 is 0 Å². The van der Waals surface area contributed by atoms with Crippen molar-refractivity contribution < 1.29 is 5.11 Å². The number of rotatable bonds is 7. The summed E-state index contributed by atoms with van der Waals surface area (Å²) in [5.74, 6) is 0.793. The minimum Gasteiger partial charge on any atom is -0.508 e. The largest absolute Gasteiger partial charge is 0.508 e. The van der Waals surface area contributed by atoms with E-state index in [0.717, 1.165) is 56.6 Å². The van der Waals surface area contributed by atoms with Crippen molar-refractivity contribution in [2.45, 2.75) is 40.0 Å². The van der Waals surface area contributed by atoms with Gasteiger partial charge in [0, 0.05) is 12.5 Å². The van der Waals surface area contributed by atoms with Gasteiger partial charge in [0.15, 0.2) is 0 Å². The SMILES string of the molecule is CCc1c(O)cc(-n2nc3ccccc3n2)cc1Cc1cc(CC(C)C)ccc1-n1nc2ccccc2n1. The van der Waals surface area contributed by atoms with E-state index < -0.39 is 0 Å². The Labute approximate surface area is 221 Å². The minimum absolute atomic E-state index is 0.254. The maximum Gasteiger partial charge on any atom is 0.121 e. The second-order valence-corrected chi connectivity index (χ2v) is 10.2. The summed E-state index contributed by atoms with van der Waals surface area (Å²) in [7, 11) is 0. The Balaban J connectivity index is 1.47. The van der Waals surface area contributed by atoms with Crippen molar-refractivity contribution in [3.8, 4) is 17.1 Å². The molecule has 2 aromatic heterocycles. The molecule has 0 aliphatic rings. The Kier molecular flexibility index (Phi) is 6.12. The monoisotopic (exact) mass is 502 g/mol. The van der Waals surface area contributed by atoms with Gasteiger partial charge >= 0.3 is 0 Å². The molecule has 7 nitrogen and oxygen atoms in total. The van der Waals surface area contributed by atoms with Crippen molar-refractivity contribution in [2.24, 2.45) is 5.92 Å². The number of hydrogen-bond acceptors (Lipinski definition) is 5. The van der Waals surface area contributed by atoms with Crippen molar-refractivity contribution in [1.82, 2.24) is 30.0 Å². The van der Waals surface area contributed by atoms with Crippen molar-refractivity contribution in [3.63, 3.8) is 0 Å². The van der Waals surface area contributed by atoms with Crippen LogP contribution in [0.2, 0.25) is 0 Å². The van der Waals surface area contributed by atoms with Gasteiger partial charge in [-0.15, -0.1) is 20.4 Å². The van der Waals surface area contributed by atoms with Crippen LogP contribution in [0.25, 0.3) is 33.4 Å². The number of hydrogen-bond donors (Lipinski definition) is 1. The van der Waals surface area contributed by atoms with E-state index in [2.05, 4.69) is 55.2 Å². The zero-order valence-corrected chi connectivity index (χ0v) is 21.8. The highest BCUT2D eigenvalue weighted by atomic mass is 16.3. The average Bonchev–Trinajstić information content (AvgIpc) is 3.53. The second kappa shape index (κ2) is 9.74. The second-order valence-electron chi connectivity index (χ2n) is 10.2. The Morgan fingerprint density at radius 1 is 0.711 bits per heavy atom. The summed E-state index contributed by atoms with van der Waals surface area (Å²) in [5.41, 5.74) is 9.33. The molecule has 2 heterocycles. The Morgan fingerprint density at radius 2 is 1.29 bits per heavy atom. The summed E-state index contributed by atoms with van der Waals surface area (Å²) < 4.78 is 0. The number of nitrogens with zero attached hydrogens (tertiary/aromatic N) is 6. The topological polar surface area (TPSA) is 81.6 Å². The van der Waals surface area contributed by atoms with Crippen molar-refractivity contribution >= 4 is 22.1 Å². The molecule has 0 amide bonds. The molecule has 0 unspecified atom stereocenters. The third-order valence-electron chi connectivity index (χ3n) is 6.85. The number of phenols is 1. The lowest BCUT2D eigenvalue weighted by Gasteiger charge is -2.16. The molecule has 6 rings (SSSR count). The first kappa shape index (κ1) is 23.9. The molecule has 0 saturated carbocycles. The predicted octanol–water partition coefficient (Wildman–Crippen LogP) is 6.21. The number of aromatic nitrogens is 6. The van der Waals surface area contributed by atoms with Crippen LogP contribution in [0.3, 0.4) is 0 Å². The van der Waals surface area contributed by atoms with Gasteiger partial charge < -0.3 is 5.11 Å². The zero-order valence-electron chi connectivity index (χ0n) is 21.8. The smallest absolute Gasteiger partial charge is 0.121 e. The molecular weight excluding hydrogens is 472 g/mol. The van der Waals surface area contributed by atoms with Crippen LogP contribution in [0.15, 0.2) is 78.9 Å². The van der Waals surface area contributed by atoms with Crippen molar-refractivity contribution in [3.05, 3.63) is 101 Å². The molecule has 38 heavy (non-hydrogen) atoms. The van der Waals surface area contributed by atoms with Crippen molar-refractivity contribution in [2.75, 3.05) is 0 Å². The van der Waals surface area contributed by atoms with E-state index in [1.165, 1.54) is 5.56 Å². The molecule has 6 aromatic rings. The Bertz CT molecular complexity index is 1700. The minimum atomic E-state index is 0.254. The molecule has 0 spiro atoms. The van der Waals surface area contributed by atoms with Gasteiger partial charge in [0.25, 0.3) is 0 Å². The van der Waals surface area contributed by atoms with Crippen LogP contribution in [0, 0.1) is 5.92 Å². The molecular formula is C31H30N6O. The number of fused-ring (bicyclic) bond motifs is 2. The normalized spacial score (nSPS) is 11.7. The summed E-state index contributed by atoms with van der Waals surface area (Å²) in [6.45, 7) is 6.52. The highest BCUT2D eigenvalue weighted by Gasteiger charge is 2.17. The molecule has 0 saturated heterocycles. The lowest BCUT2D eigenvalue weighted by Crippen LogP contribution is -2.08. The van der Waals surface area contributed by atoms with Crippen LogP contribution < -0.4 is 0 Å². The summed E-state index contributed by atoms with van der Waals surface area (Å²) in [5, 5.41) is 29.8. The molecule has 0 aliphatic carbocycles. The van der Waals surface area contributed by atoms with Gasteiger partial charge in [0.1, 0.15) is 27.8 Å². The fourth-order valence-electron chi connectivity index (χ4n) is 5.10. The van der Waals surface area contributed by atoms with E-state index in [1.54, 1.807) is 15.7 Å². The van der Waals surface area contributed by atoms with Crippen LogP contribution in [0.1, 0.15) is 43.0 Å². The van der Waals surface area contributed by atoms with Crippen LogP contribution in [-0.2, 0) is 19.3 Å². The quantitative estimate of drug-likeness (QED) is 0.281. The van der Waals surface area contributed by atoms with E-state index in [0.29, 0.717) is 18.8 Å². The molecule has 0 radical (unpaired) electrons. The zero-order chi connectivity index (χ0) is 26.2. The molecule has 0 fully saturated rings. The highest BCUT2D eigenvalue weighted by Crippen LogP contribution is 2.30. The van der Waals surface area contributed by atoms with Crippen LogP contribution in [0.4, 0.5) is 0 Å². The lowest BCUT2D eigenvalue weighted by molar-refractivity contribution is 0.467. The molecule has 190 valence electrons. The summed E-state index contributed by atoms with van der Waals surface area (Å²) in [6.07, 6.45) is 2.31. The van der Waals surface area contributed by atoms with Gasteiger partial charge in [-0.05, 0) is 77.4 Å². The van der Waals surface area contributed by atoms with Crippen molar-refractivity contribution in [1.29, 1.82) is 0 Å². The Morgan fingerprint density at radius 3 is 1.84 bits per heavy atom. The molecule has 4 aromatic carbocycles. The third-order valence-corrected chi connectivity index (χ3v) is 6.85. The number of benzene rings is 4.